The van der Waals surface area contributed by atoms with Gasteiger partial charge in [0.15, 0.2) is 5.13 Å². The highest BCUT2D eigenvalue weighted by molar-refractivity contribution is 7.93. The van der Waals surface area contributed by atoms with E-state index in [1.54, 1.807) is 47.7 Å². The monoisotopic (exact) mass is 457 g/mol. The van der Waals surface area contributed by atoms with Gasteiger partial charge in [-0.05, 0) is 42.5 Å². The van der Waals surface area contributed by atoms with Gasteiger partial charge in [0.25, 0.3) is 10.0 Å². The van der Waals surface area contributed by atoms with Gasteiger partial charge in [-0.1, -0.05) is 47.2 Å². The van der Waals surface area contributed by atoms with E-state index in [0.29, 0.717) is 15.7 Å². The standard InChI is InChI=1S/C20H12ClN3O2S3/c21-13-7-10-18-16(11-13)23-20(28-18)24-29(25,26)14-8-5-12(6-9-14)19-22-15-3-1-2-4-17(15)27-19/h1-11H,(H,23,24). The third-order valence-corrected chi connectivity index (χ3v) is 8.03. The van der Waals surface area contributed by atoms with Crippen molar-refractivity contribution in [3.63, 3.8) is 0 Å². The number of benzene rings is 3. The molecule has 0 unspecified atom stereocenters. The van der Waals surface area contributed by atoms with Gasteiger partial charge in [0.05, 0.1) is 25.3 Å². The number of sulfonamides is 1. The Bertz CT molecular complexity index is 1420. The molecule has 0 aliphatic heterocycles. The average Bonchev–Trinajstić information content (AvgIpc) is 3.30. The van der Waals surface area contributed by atoms with Crippen LogP contribution in [0.15, 0.2) is 71.6 Å². The highest BCUT2D eigenvalue weighted by atomic mass is 35.5. The van der Waals surface area contributed by atoms with E-state index in [1.807, 2.05) is 30.3 Å². The van der Waals surface area contributed by atoms with Gasteiger partial charge >= 0.3 is 0 Å². The first kappa shape index (κ1) is 18.5. The minimum absolute atomic E-state index is 0.166. The second kappa shape index (κ2) is 7.07. The summed E-state index contributed by atoms with van der Waals surface area (Å²) in [7, 11) is -3.75. The number of hydrogen-bond donors (Lipinski definition) is 1. The quantitative estimate of drug-likeness (QED) is 0.357. The number of para-hydroxylation sites is 1. The Morgan fingerprint density at radius 3 is 2.38 bits per heavy atom. The molecule has 0 atom stereocenters. The highest BCUT2D eigenvalue weighted by Gasteiger charge is 2.17. The molecule has 2 aromatic heterocycles. The maximum atomic E-state index is 12.8. The Morgan fingerprint density at radius 1 is 0.828 bits per heavy atom. The lowest BCUT2D eigenvalue weighted by atomic mass is 10.2. The van der Waals surface area contributed by atoms with E-state index in [-0.39, 0.29) is 4.90 Å². The molecule has 5 aromatic rings. The third kappa shape index (κ3) is 3.60. The van der Waals surface area contributed by atoms with Crippen LogP contribution in [0.25, 0.3) is 31.0 Å². The minimum Gasteiger partial charge on any atom is -0.255 e. The van der Waals surface area contributed by atoms with Crippen molar-refractivity contribution >= 4 is 69.9 Å². The van der Waals surface area contributed by atoms with Crippen LogP contribution in [0.2, 0.25) is 5.02 Å². The predicted octanol–water partition coefficient (Wildman–Crippen LogP) is 6.03. The van der Waals surface area contributed by atoms with E-state index < -0.39 is 10.0 Å². The summed E-state index contributed by atoms with van der Waals surface area (Å²) >= 11 is 8.81. The van der Waals surface area contributed by atoms with Crippen molar-refractivity contribution in [3.8, 4) is 10.6 Å². The van der Waals surface area contributed by atoms with Crippen LogP contribution in [0.1, 0.15) is 0 Å². The minimum atomic E-state index is -3.75. The fourth-order valence-corrected chi connectivity index (χ4v) is 6.11. The first-order chi connectivity index (χ1) is 14.0. The Labute approximate surface area is 179 Å². The van der Waals surface area contributed by atoms with Crippen LogP contribution in [0.4, 0.5) is 5.13 Å². The summed E-state index contributed by atoms with van der Waals surface area (Å²) in [6.07, 6.45) is 0. The molecule has 144 valence electrons. The molecular formula is C20H12ClN3O2S3. The summed E-state index contributed by atoms with van der Waals surface area (Å²) in [4.78, 5) is 9.08. The van der Waals surface area contributed by atoms with Crippen molar-refractivity contribution in [2.75, 3.05) is 4.72 Å². The van der Waals surface area contributed by atoms with E-state index in [0.717, 1.165) is 25.5 Å². The Balaban J connectivity index is 1.43. The molecule has 0 aliphatic carbocycles. The van der Waals surface area contributed by atoms with Crippen molar-refractivity contribution in [1.29, 1.82) is 0 Å². The lowest BCUT2D eigenvalue weighted by molar-refractivity contribution is 0.601. The molecule has 0 aliphatic rings. The molecule has 5 rings (SSSR count). The van der Waals surface area contributed by atoms with Crippen LogP contribution in [-0.4, -0.2) is 18.4 Å². The van der Waals surface area contributed by atoms with Crippen molar-refractivity contribution in [3.05, 3.63) is 71.8 Å². The molecule has 0 saturated heterocycles. The van der Waals surface area contributed by atoms with Crippen LogP contribution in [0.5, 0.6) is 0 Å². The van der Waals surface area contributed by atoms with Crippen molar-refractivity contribution in [1.82, 2.24) is 9.97 Å². The zero-order chi connectivity index (χ0) is 20.0. The van der Waals surface area contributed by atoms with Gasteiger partial charge in [-0.3, -0.25) is 4.72 Å². The molecular weight excluding hydrogens is 446 g/mol. The van der Waals surface area contributed by atoms with Gasteiger partial charge in [-0.25, -0.2) is 18.4 Å². The molecule has 2 heterocycles. The number of halogens is 1. The van der Waals surface area contributed by atoms with Gasteiger partial charge in [-0.2, -0.15) is 0 Å². The lowest BCUT2D eigenvalue weighted by Gasteiger charge is -2.05. The fraction of sp³-hybridized carbons (Fsp3) is 0. The van der Waals surface area contributed by atoms with Gasteiger partial charge in [-0.15, -0.1) is 11.3 Å². The van der Waals surface area contributed by atoms with E-state index in [9.17, 15) is 8.42 Å². The number of anilines is 1. The largest absolute Gasteiger partial charge is 0.263 e. The Morgan fingerprint density at radius 2 is 1.59 bits per heavy atom. The molecule has 0 radical (unpaired) electrons. The maximum Gasteiger partial charge on any atom is 0.263 e. The first-order valence-corrected chi connectivity index (χ1v) is 12.0. The molecule has 0 bridgehead atoms. The molecule has 0 amide bonds. The van der Waals surface area contributed by atoms with Crippen molar-refractivity contribution < 1.29 is 8.42 Å². The molecule has 0 fully saturated rings. The summed E-state index contributed by atoms with van der Waals surface area (Å²) in [6.45, 7) is 0. The van der Waals surface area contributed by atoms with E-state index >= 15 is 0 Å². The van der Waals surface area contributed by atoms with Crippen LogP contribution in [0, 0.1) is 0 Å². The number of nitrogens with zero attached hydrogens (tertiary/aromatic N) is 2. The SMILES string of the molecule is O=S(=O)(Nc1nc2cc(Cl)ccc2s1)c1ccc(-c2nc3ccccc3s2)cc1. The topological polar surface area (TPSA) is 72.0 Å². The van der Waals surface area contributed by atoms with Gasteiger partial charge < -0.3 is 0 Å². The summed E-state index contributed by atoms with van der Waals surface area (Å²) < 4.78 is 30.0. The second-order valence-electron chi connectivity index (χ2n) is 6.25. The summed E-state index contributed by atoms with van der Waals surface area (Å²) in [5, 5.41) is 1.71. The zero-order valence-corrected chi connectivity index (χ0v) is 17.9. The van der Waals surface area contributed by atoms with Gasteiger partial charge in [0, 0.05) is 10.6 Å². The maximum absolute atomic E-state index is 12.8. The van der Waals surface area contributed by atoms with E-state index in [1.165, 1.54) is 11.3 Å². The first-order valence-electron chi connectivity index (χ1n) is 8.53. The van der Waals surface area contributed by atoms with Crippen LogP contribution in [-0.2, 0) is 10.0 Å². The second-order valence-corrected chi connectivity index (χ2v) is 10.4. The normalized spacial score (nSPS) is 11.9. The molecule has 0 spiro atoms. The van der Waals surface area contributed by atoms with Crippen LogP contribution < -0.4 is 4.72 Å². The molecule has 29 heavy (non-hydrogen) atoms. The Hall–Kier alpha value is -2.52. The molecule has 1 N–H and O–H groups in total. The lowest BCUT2D eigenvalue weighted by Crippen LogP contribution is -2.12. The van der Waals surface area contributed by atoms with Gasteiger partial charge in [0.1, 0.15) is 5.01 Å². The summed E-state index contributed by atoms with van der Waals surface area (Å²) in [5.74, 6) is 0. The molecule has 5 nitrogen and oxygen atoms in total. The smallest absolute Gasteiger partial charge is 0.255 e. The van der Waals surface area contributed by atoms with Crippen molar-refractivity contribution in [2.45, 2.75) is 4.90 Å². The predicted molar refractivity (Wildman–Crippen MR) is 120 cm³/mol. The van der Waals surface area contributed by atoms with Gasteiger partial charge in [0.2, 0.25) is 0 Å². The number of thiazole rings is 2. The number of fused-ring (bicyclic) bond motifs is 2. The van der Waals surface area contributed by atoms with Crippen LogP contribution >= 0.6 is 34.3 Å². The van der Waals surface area contributed by atoms with Crippen LogP contribution in [0.3, 0.4) is 0 Å². The fourth-order valence-electron chi connectivity index (χ4n) is 2.89. The summed E-state index contributed by atoms with van der Waals surface area (Å²) in [5.41, 5.74) is 2.47. The zero-order valence-electron chi connectivity index (χ0n) is 14.7. The highest BCUT2D eigenvalue weighted by Crippen LogP contribution is 2.32. The summed E-state index contributed by atoms with van der Waals surface area (Å²) in [6, 6.07) is 19.9. The number of hydrogen-bond acceptors (Lipinski definition) is 6. The molecule has 9 heteroatoms. The average molecular weight is 458 g/mol. The molecule has 3 aromatic carbocycles. The number of aromatic nitrogens is 2. The number of nitrogens with one attached hydrogen (secondary N) is 1. The number of rotatable bonds is 4. The third-order valence-electron chi connectivity index (χ3n) is 4.28. The van der Waals surface area contributed by atoms with E-state index in [4.69, 9.17) is 11.6 Å². The molecule has 0 saturated carbocycles. The van der Waals surface area contributed by atoms with Crippen molar-refractivity contribution in [2.24, 2.45) is 0 Å². The van der Waals surface area contributed by atoms with E-state index in [2.05, 4.69) is 14.7 Å². The Kier molecular flexibility index (Phi) is 4.51.